The average molecular weight is 286 g/mol. The summed E-state index contributed by atoms with van der Waals surface area (Å²) in [5.41, 5.74) is 9.66. The molecule has 0 atom stereocenters. The van der Waals surface area contributed by atoms with Crippen molar-refractivity contribution in [2.45, 2.75) is 6.92 Å². The van der Waals surface area contributed by atoms with Crippen molar-refractivity contribution in [3.05, 3.63) is 84.4 Å². The van der Waals surface area contributed by atoms with E-state index in [0.29, 0.717) is 0 Å². The zero-order chi connectivity index (χ0) is 15.4. The Bertz CT molecular complexity index is 787. The van der Waals surface area contributed by atoms with E-state index < -0.39 is 0 Å². The van der Waals surface area contributed by atoms with Gasteiger partial charge in [0, 0.05) is 16.5 Å². The van der Waals surface area contributed by atoms with E-state index in [4.69, 9.17) is 5.73 Å². The van der Waals surface area contributed by atoms with Gasteiger partial charge in [-0.2, -0.15) is 0 Å². The maximum absolute atomic E-state index is 5.52. The van der Waals surface area contributed by atoms with Crippen LogP contribution < -0.4 is 5.73 Å². The molecule has 22 heavy (non-hydrogen) atoms. The van der Waals surface area contributed by atoms with Gasteiger partial charge >= 0.3 is 0 Å². The lowest BCUT2D eigenvalue weighted by Crippen LogP contribution is -1.85. The summed E-state index contributed by atoms with van der Waals surface area (Å²) in [4.78, 5) is 4.58. The SMILES string of the molecule is Cc1ccccc1N.c1ccc2nc3ccccc3cc2c1. The first-order valence-corrected chi connectivity index (χ1v) is 7.30. The number of hydrogen-bond donors (Lipinski definition) is 1. The predicted molar refractivity (Wildman–Crippen MR) is 94.8 cm³/mol. The zero-order valence-corrected chi connectivity index (χ0v) is 12.5. The molecule has 1 heterocycles. The van der Waals surface area contributed by atoms with Crippen molar-refractivity contribution in [2.75, 3.05) is 5.73 Å². The molecule has 1 aromatic heterocycles. The molecule has 2 N–H and O–H groups in total. The number of rotatable bonds is 0. The Morgan fingerprint density at radius 1 is 0.682 bits per heavy atom. The maximum Gasteiger partial charge on any atom is 0.0709 e. The van der Waals surface area contributed by atoms with Gasteiger partial charge in [-0.3, -0.25) is 0 Å². The van der Waals surface area contributed by atoms with E-state index >= 15 is 0 Å². The van der Waals surface area contributed by atoms with Crippen LogP contribution in [0.4, 0.5) is 5.69 Å². The second kappa shape index (κ2) is 6.27. The summed E-state index contributed by atoms with van der Waals surface area (Å²) < 4.78 is 0. The van der Waals surface area contributed by atoms with Crippen molar-refractivity contribution in [3.8, 4) is 0 Å². The number of benzene rings is 3. The van der Waals surface area contributed by atoms with Crippen LogP contribution in [0.15, 0.2) is 78.9 Å². The van der Waals surface area contributed by atoms with E-state index in [-0.39, 0.29) is 0 Å². The molecular weight excluding hydrogens is 268 g/mol. The van der Waals surface area contributed by atoms with Crippen LogP contribution in [0.3, 0.4) is 0 Å². The molecular formula is C20H18N2. The van der Waals surface area contributed by atoms with Gasteiger partial charge in [0.2, 0.25) is 0 Å². The number of pyridine rings is 1. The predicted octanol–water partition coefficient (Wildman–Crippen LogP) is 4.97. The number of nitrogen functional groups attached to an aromatic ring is 1. The smallest absolute Gasteiger partial charge is 0.0709 e. The molecule has 0 saturated heterocycles. The zero-order valence-electron chi connectivity index (χ0n) is 12.5. The molecule has 2 nitrogen and oxygen atoms in total. The first-order chi connectivity index (χ1) is 10.7. The normalized spacial score (nSPS) is 10.2. The minimum absolute atomic E-state index is 0.868. The van der Waals surface area contributed by atoms with Crippen LogP contribution in [-0.2, 0) is 0 Å². The largest absolute Gasteiger partial charge is 0.399 e. The Hall–Kier alpha value is -2.87. The van der Waals surface area contributed by atoms with E-state index in [9.17, 15) is 0 Å². The molecule has 0 fully saturated rings. The molecule has 0 saturated carbocycles. The number of fused-ring (bicyclic) bond motifs is 2. The molecule has 108 valence electrons. The lowest BCUT2D eigenvalue weighted by molar-refractivity contribution is 1.47. The van der Waals surface area contributed by atoms with Crippen LogP contribution in [0.25, 0.3) is 21.8 Å². The third-order valence-corrected chi connectivity index (χ3v) is 3.61. The topological polar surface area (TPSA) is 38.9 Å². The number of hydrogen-bond acceptors (Lipinski definition) is 2. The quantitative estimate of drug-likeness (QED) is 0.366. The van der Waals surface area contributed by atoms with Gasteiger partial charge in [0.1, 0.15) is 0 Å². The molecule has 0 unspecified atom stereocenters. The molecule has 3 aromatic carbocycles. The summed E-state index contributed by atoms with van der Waals surface area (Å²) >= 11 is 0. The van der Waals surface area contributed by atoms with E-state index in [2.05, 4.69) is 23.2 Å². The van der Waals surface area contributed by atoms with Crippen LogP contribution in [0.2, 0.25) is 0 Å². The van der Waals surface area contributed by atoms with E-state index in [1.807, 2.05) is 67.6 Å². The van der Waals surface area contributed by atoms with Gasteiger partial charge in [0.15, 0.2) is 0 Å². The van der Waals surface area contributed by atoms with Crippen LogP contribution in [0, 0.1) is 6.92 Å². The van der Waals surface area contributed by atoms with Crippen molar-refractivity contribution >= 4 is 27.5 Å². The Kier molecular flexibility index (Phi) is 4.01. The Morgan fingerprint density at radius 3 is 1.68 bits per heavy atom. The summed E-state index contributed by atoms with van der Waals surface area (Å²) in [6.45, 7) is 2.00. The first kappa shape index (κ1) is 14.1. The number of nitrogens with zero attached hydrogens (tertiary/aromatic N) is 1. The molecule has 0 aliphatic carbocycles. The van der Waals surface area contributed by atoms with Crippen LogP contribution in [-0.4, -0.2) is 4.98 Å². The highest BCUT2D eigenvalue weighted by Gasteiger charge is 1.96. The lowest BCUT2D eigenvalue weighted by atomic mass is 10.1. The first-order valence-electron chi connectivity index (χ1n) is 7.30. The second-order valence-electron chi connectivity index (χ2n) is 5.23. The van der Waals surface area contributed by atoms with Gasteiger partial charge in [-0.1, -0.05) is 54.6 Å². The highest BCUT2D eigenvalue weighted by molar-refractivity contribution is 5.92. The van der Waals surface area contributed by atoms with Gasteiger partial charge in [-0.15, -0.1) is 0 Å². The number of anilines is 1. The fourth-order valence-corrected chi connectivity index (χ4v) is 2.31. The van der Waals surface area contributed by atoms with Crippen molar-refractivity contribution in [2.24, 2.45) is 0 Å². The fraction of sp³-hybridized carbons (Fsp3) is 0.0500. The van der Waals surface area contributed by atoms with E-state index in [1.54, 1.807) is 0 Å². The lowest BCUT2D eigenvalue weighted by Gasteiger charge is -1.99. The standard InChI is InChI=1S/C13H9N.C7H9N/c1-3-7-12-10(5-1)9-11-6-2-4-8-13(11)14-12;1-6-4-2-3-5-7(6)8/h1-9H;2-5H,8H2,1H3. The minimum atomic E-state index is 0.868. The second-order valence-corrected chi connectivity index (χ2v) is 5.23. The average Bonchev–Trinajstić information content (AvgIpc) is 2.56. The molecule has 4 rings (SSSR count). The van der Waals surface area contributed by atoms with Crippen molar-refractivity contribution in [1.29, 1.82) is 0 Å². The summed E-state index contributed by atoms with van der Waals surface area (Å²) in [6, 6.07) is 26.4. The summed E-state index contributed by atoms with van der Waals surface area (Å²) in [6.07, 6.45) is 0. The Balaban J connectivity index is 0.000000154. The van der Waals surface area contributed by atoms with E-state index in [1.165, 1.54) is 10.8 Å². The monoisotopic (exact) mass is 286 g/mol. The highest BCUT2D eigenvalue weighted by atomic mass is 14.7. The number of aryl methyl sites for hydroxylation is 1. The number of nitrogens with two attached hydrogens (primary N) is 1. The molecule has 0 radical (unpaired) electrons. The fourth-order valence-electron chi connectivity index (χ4n) is 2.31. The summed E-state index contributed by atoms with van der Waals surface area (Å²) in [5, 5.41) is 2.40. The molecule has 0 spiro atoms. The molecule has 0 bridgehead atoms. The maximum atomic E-state index is 5.52. The van der Waals surface area contributed by atoms with Gasteiger partial charge in [0.25, 0.3) is 0 Å². The van der Waals surface area contributed by atoms with Gasteiger partial charge in [-0.05, 0) is 36.8 Å². The minimum Gasteiger partial charge on any atom is -0.399 e. The van der Waals surface area contributed by atoms with Crippen molar-refractivity contribution in [1.82, 2.24) is 4.98 Å². The third-order valence-electron chi connectivity index (χ3n) is 3.61. The highest BCUT2D eigenvalue weighted by Crippen LogP contribution is 2.18. The summed E-state index contributed by atoms with van der Waals surface area (Å²) in [5.74, 6) is 0. The van der Waals surface area contributed by atoms with E-state index in [0.717, 1.165) is 22.3 Å². The van der Waals surface area contributed by atoms with Gasteiger partial charge in [0.05, 0.1) is 11.0 Å². The van der Waals surface area contributed by atoms with Crippen molar-refractivity contribution < 1.29 is 0 Å². The molecule has 0 amide bonds. The third kappa shape index (κ3) is 3.07. The molecule has 2 heteroatoms. The molecule has 0 aliphatic heterocycles. The van der Waals surface area contributed by atoms with Crippen LogP contribution >= 0.6 is 0 Å². The van der Waals surface area contributed by atoms with Gasteiger partial charge < -0.3 is 5.73 Å². The Labute approximate surface area is 130 Å². The molecule has 4 aromatic rings. The number of para-hydroxylation sites is 3. The Morgan fingerprint density at radius 2 is 1.18 bits per heavy atom. The van der Waals surface area contributed by atoms with Crippen LogP contribution in [0.1, 0.15) is 5.56 Å². The summed E-state index contributed by atoms with van der Waals surface area (Å²) in [7, 11) is 0. The van der Waals surface area contributed by atoms with Crippen LogP contribution in [0.5, 0.6) is 0 Å². The number of aromatic nitrogens is 1. The van der Waals surface area contributed by atoms with Crippen molar-refractivity contribution in [3.63, 3.8) is 0 Å². The van der Waals surface area contributed by atoms with Gasteiger partial charge in [-0.25, -0.2) is 4.98 Å². The molecule has 0 aliphatic rings.